The van der Waals surface area contributed by atoms with Crippen molar-refractivity contribution in [3.63, 3.8) is 0 Å². The van der Waals surface area contributed by atoms with Crippen molar-refractivity contribution in [3.05, 3.63) is 53.3 Å². The molecule has 110 valence electrons. The van der Waals surface area contributed by atoms with Gasteiger partial charge in [-0.15, -0.1) is 0 Å². The Morgan fingerprint density at radius 2 is 2.05 bits per heavy atom. The van der Waals surface area contributed by atoms with E-state index in [1.807, 2.05) is 38.1 Å². The molecule has 21 heavy (non-hydrogen) atoms. The molecule has 2 N–H and O–H groups in total. The average Bonchev–Trinajstić information content (AvgIpc) is 2.50. The Hall–Kier alpha value is -2.36. The quantitative estimate of drug-likeness (QED) is 0.881. The molecule has 0 aliphatic rings. The van der Waals surface area contributed by atoms with Gasteiger partial charge < -0.3 is 10.6 Å². The minimum absolute atomic E-state index is 0.136. The summed E-state index contributed by atoms with van der Waals surface area (Å²) in [5, 5.41) is 6.21. The molecular formula is C17H21N3O. The number of amides is 1. The summed E-state index contributed by atoms with van der Waals surface area (Å²) in [5.74, 6) is -0.136. The van der Waals surface area contributed by atoms with Crippen molar-refractivity contribution in [2.24, 2.45) is 0 Å². The number of carbonyl (C=O) groups excluding carboxylic acids is 1. The highest BCUT2D eigenvalue weighted by Crippen LogP contribution is 2.23. The van der Waals surface area contributed by atoms with Gasteiger partial charge in [-0.3, -0.25) is 9.78 Å². The Balaban J connectivity index is 2.31. The summed E-state index contributed by atoms with van der Waals surface area (Å²) >= 11 is 0. The molecule has 0 aliphatic carbocycles. The smallest absolute Gasteiger partial charge is 0.259 e. The number of nitrogens with zero attached hydrogens (tertiary/aromatic N) is 1. The number of aromatic nitrogens is 1. The van der Waals surface area contributed by atoms with Crippen molar-refractivity contribution in [1.82, 2.24) is 4.98 Å². The third-order valence-electron chi connectivity index (χ3n) is 3.41. The molecule has 0 saturated heterocycles. The number of rotatable bonds is 5. The van der Waals surface area contributed by atoms with Gasteiger partial charge in [0.2, 0.25) is 0 Å². The highest BCUT2D eigenvalue weighted by atomic mass is 16.1. The number of para-hydroxylation sites is 1. The van der Waals surface area contributed by atoms with E-state index in [0.29, 0.717) is 5.56 Å². The lowest BCUT2D eigenvalue weighted by molar-refractivity contribution is 0.102. The maximum atomic E-state index is 12.5. The number of nitrogens with one attached hydrogen (secondary N) is 2. The van der Waals surface area contributed by atoms with Crippen LogP contribution in [0.3, 0.4) is 0 Å². The van der Waals surface area contributed by atoms with Gasteiger partial charge in [0.05, 0.1) is 11.3 Å². The van der Waals surface area contributed by atoms with Crippen molar-refractivity contribution in [2.75, 3.05) is 17.2 Å². The Morgan fingerprint density at radius 1 is 1.24 bits per heavy atom. The molecule has 1 amide bonds. The molecule has 0 spiro atoms. The fourth-order valence-electron chi connectivity index (χ4n) is 2.30. The second kappa shape index (κ2) is 6.88. The van der Waals surface area contributed by atoms with Crippen LogP contribution in [0.4, 0.5) is 11.4 Å². The fourth-order valence-corrected chi connectivity index (χ4v) is 2.30. The predicted molar refractivity (Wildman–Crippen MR) is 86.9 cm³/mol. The third kappa shape index (κ3) is 3.40. The monoisotopic (exact) mass is 283 g/mol. The van der Waals surface area contributed by atoms with Crippen LogP contribution in [0.25, 0.3) is 0 Å². The van der Waals surface area contributed by atoms with Gasteiger partial charge >= 0.3 is 0 Å². The minimum Gasteiger partial charge on any atom is -0.385 e. The maximum absolute atomic E-state index is 12.5. The number of carbonyl (C=O) groups is 1. The van der Waals surface area contributed by atoms with Crippen LogP contribution in [-0.2, 0) is 6.42 Å². The van der Waals surface area contributed by atoms with Gasteiger partial charge in [-0.2, -0.15) is 0 Å². The van der Waals surface area contributed by atoms with E-state index in [1.165, 1.54) is 0 Å². The molecule has 2 aromatic rings. The van der Waals surface area contributed by atoms with Crippen LogP contribution in [0, 0.1) is 6.92 Å². The van der Waals surface area contributed by atoms with Crippen LogP contribution >= 0.6 is 0 Å². The van der Waals surface area contributed by atoms with Gasteiger partial charge in [0, 0.05) is 24.6 Å². The average molecular weight is 283 g/mol. The van der Waals surface area contributed by atoms with Crippen LogP contribution in [-0.4, -0.2) is 17.4 Å². The zero-order valence-corrected chi connectivity index (χ0v) is 12.7. The van der Waals surface area contributed by atoms with E-state index in [-0.39, 0.29) is 5.91 Å². The Kier molecular flexibility index (Phi) is 4.93. The van der Waals surface area contributed by atoms with Crippen LogP contribution in [0.15, 0.2) is 36.7 Å². The van der Waals surface area contributed by atoms with Crippen LogP contribution in [0.5, 0.6) is 0 Å². The van der Waals surface area contributed by atoms with Crippen molar-refractivity contribution in [1.29, 1.82) is 0 Å². The summed E-state index contributed by atoms with van der Waals surface area (Å²) < 4.78 is 0. The minimum atomic E-state index is -0.136. The molecular weight excluding hydrogens is 262 g/mol. The molecule has 0 bridgehead atoms. The van der Waals surface area contributed by atoms with Gasteiger partial charge in [-0.1, -0.05) is 25.1 Å². The molecule has 1 heterocycles. The summed E-state index contributed by atoms with van der Waals surface area (Å²) in [7, 11) is 0. The fraction of sp³-hybridized carbons (Fsp3) is 0.294. The van der Waals surface area contributed by atoms with Crippen LogP contribution in [0.2, 0.25) is 0 Å². The zero-order chi connectivity index (χ0) is 15.2. The van der Waals surface area contributed by atoms with E-state index >= 15 is 0 Å². The summed E-state index contributed by atoms with van der Waals surface area (Å²) in [6, 6.07) is 7.87. The number of hydrogen-bond acceptors (Lipinski definition) is 3. The Morgan fingerprint density at radius 3 is 2.76 bits per heavy atom. The lowest BCUT2D eigenvalue weighted by Gasteiger charge is -2.14. The first-order valence-corrected chi connectivity index (χ1v) is 7.25. The Bertz CT molecular complexity index is 638. The topological polar surface area (TPSA) is 54.0 Å². The highest BCUT2D eigenvalue weighted by molar-refractivity contribution is 6.08. The Labute approximate surface area is 125 Å². The number of benzene rings is 1. The van der Waals surface area contributed by atoms with Crippen molar-refractivity contribution in [2.45, 2.75) is 27.2 Å². The molecule has 0 radical (unpaired) electrons. The molecule has 4 heteroatoms. The molecule has 4 nitrogen and oxygen atoms in total. The molecule has 0 unspecified atom stereocenters. The number of hydrogen-bond donors (Lipinski definition) is 2. The summed E-state index contributed by atoms with van der Waals surface area (Å²) in [5.41, 5.74) is 4.46. The molecule has 2 rings (SSSR count). The molecule has 0 fully saturated rings. The van der Waals surface area contributed by atoms with Crippen molar-refractivity contribution in [3.8, 4) is 0 Å². The molecule has 0 aliphatic heterocycles. The highest BCUT2D eigenvalue weighted by Gasteiger charge is 2.14. The number of pyridine rings is 1. The summed E-state index contributed by atoms with van der Waals surface area (Å²) in [4.78, 5) is 16.6. The van der Waals surface area contributed by atoms with Gasteiger partial charge in [0.25, 0.3) is 5.91 Å². The van der Waals surface area contributed by atoms with Gasteiger partial charge in [-0.05, 0) is 37.5 Å². The normalized spacial score (nSPS) is 10.2. The first kappa shape index (κ1) is 15.0. The molecule has 1 aromatic heterocycles. The molecule has 0 atom stereocenters. The largest absolute Gasteiger partial charge is 0.385 e. The number of anilines is 2. The first-order valence-electron chi connectivity index (χ1n) is 7.25. The van der Waals surface area contributed by atoms with Gasteiger partial charge in [0.1, 0.15) is 0 Å². The maximum Gasteiger partial charge on any atom is 0.259 e. The van der Waals surface area contributed by atoms with E-state index in [9.17, 15) is 4.79 Å². The van der Waals surface area contributed by atoms with E-state index in [4.69, 9.17) is 0 Å². The summed E-state index contributed by atoms with van der Waals surface area (Å²) in [6.45, 7) is 6.84. The zero-order valence-electron chi connectivity index (χ0n) is 12.7. The van der Waals surface area contributed by atoms with Crippen molar-refractivity contribution >= 4 is 17.3 Å². The van der Waals surface area contributed by atoms with E-state index in [0.717, 1.165) is 35.5 Å². The lowest BCUT2D eigenvalue weighted by atomic mass is 10.1. The third-order valence-corrected chi connectivity index (χ3v) is 3.41. The van der Waals surface area contributed by atoms with Gasteiger partial charge in [0.15, 0.2) is 0 Å². The van der Waals surface area contributed by atoms with E-state index in [2.05, 4.69) is 22.5 Å². The number of aryl methyl sites for hydroxylation is 2. The van der Waals surface area contributed by atoms with Crippen molar-refractivity contribution < 1.29 is 4.79 Å². The second-order valence-electron chi connectivity index (χ2n) is 4.87. The van der Waals surface area contributed by atoms with Crippen LogP contribution < -0.4 is 10.6 Å². The van der Waals surface area contributed by atoms with E-state index < -0.39 is 0 Å². The van der Waals surface area contributed by atoms with Crippen LogP contribution in [0.1, 0.15) is 35.3 Å². The molecule has 0 saturated carbocycles. The van der Waals surface area contributed by atoms with Gasteiger partial charge in [-0.25, -0.2) is 0 Å². The SMILES string of the molecule is CCNc1ccncc1C(=O)Nc1c(C)cccc1CC. The lowest BCUT2D eigenvalue weighted by Crippen LogP contribution is -2.17. The first-order chi connectivity index (χ1) is 10.2. The predicted octanol–water partition coefficient (Wildman–Crippen LogP) is 3.64. The summed E-state index contributed by atoms with van der Waals surface area (Å²) in [6.07, 6.45) is 4.15. The standard InChI is InChI=1S/C17H21N3O/c1-4-13-8-6-7-12(3)16(13)20-17(21)14-11-18-10-9-15(14)19-5-2/h6-11H,4-5H2,1-3H3,(H,18,19)(H,20,21). The van der Waals surface area contributed by atoms with E-state index in [1.54, 1.807) is 12.4 Å². The second-order valence-corrected chi connectivity index (χ2v) is 4.87. The molecule has 1 aromatic carbocycles.